The zero-order valence-corrected chi connectivity index (χ0v) is 10.9. The summed E-state index contributed by atoms with van der Waals surface area (Å²) in [7, 11) is 3.96. The monoisotopic (exact) mass is 260 g/mol. The van der Waals surface area contributed by atoms with Gasteiger partial charge in [0.25, 0.3) is 0 Å². The van der Waals surface area contributed by atoms with Crippen LogP contribution in [0, 0.1) is 0 Å². The summed E-state index contributed by atoms with van der Waals surface area (Å²) in [6.45, 7) is 0.331. The second kappa shape index (κ2) is 5.51. The minimum Gasteiger partial charge on any atom is -0.481 e. The molecule has 0 amide bonds. The minimum absolute atomic E-state index is 0.0440. The van der Waals surface area contributed by atoms with Crippen LogP contribution in [-0.4, -0.2) is 39.9 Å². The second-order valence-corrected chi connectivity index (χ2v) is 4.42. The summed E-state index contributed by atoms with van der Waals surface area (Å²) in [6, 6.07) is 7.89. The normalized spacial score (nSPS) is 10.4. The lowest BCUT2D eigenvalue weighted by Crippen LogP contribution is -2.08. The number of carboxylic acids is 1. The quantitative estimate of drug-likeness (QED) is 0.881. The van der Waals surface area contributed by atoms with Crippen molar-refractivity contribution < 1.29 is 9.90 Å². The smallest absolute Gasteiger partial charge is 0.305 e. The molecule has 0 radical (unpaired) electrons. The van der Waals surface area contributed by atoms with E-state index in [1.807, 2.05) is 43.3 Å². The van der Waals surface area contributed by atoms with Gasteiger partial charge in [0.1, 0.15) is 6.33 Å². The van der Waals surface area contributed by atoms with E-state index < -0.39 is 5.97 Å². The van der Waals surface area contributed by atoms with E-state index in [2.05, 4.69) is 10.1 Å². The van der Waals surface area contributed by atoms with Gasteiger partial charge < -0.3 is 10.0 Å². The summed E-state index contributed by atoms with van der Waals surface area (Å²) in [5.74, 6) is -0.233. The number of hydrogen-bond donors (Lipinski definition) is 1. The summed E-state index contributed by atoms with van der Waals surface area (Å²) >= 11 is 0. The maximum atomic E-state index is 10.5. The van der Waals surface area contributed by atoms with E-state index in [1.54, 1.807) is 11.0 Å². The molecule has 0 aliphatic heterocycles. The van der Waals surface area contributed by atoms with Crippen molar-refractivity contribution in [2.45, 2.75) is 13.0 Å². The molecule has 0 saturated carbocycles. The van der Waals surface area contributed by atoms with E-state index >= 15 is 0 Å². The molecule has 2 aromatic rings. The van der Waals surface area contributed by atoms with Gasteiger partial charge in [-0.2, -0.15) is 5.10 Å². The fraction of sp³-hybridized carbons (Fsp3) is 0.308. The van der Waals surface area contributed by atoms with Gasteiger partial charge >= 0.3 is 5.97 Å². The highest BCUT2D eigenvalue weighted by Gasteiger charge is 2.06. The Bertz CT molecular complexity index is 560. The third-order valence-corrected chi connectivity index (χ3v) is 2.73. The lowest BCUT2D eigenvalue weighted by atomic mass is 10.2. The van der Waals surface area contributed by atoms with Crippen LogP contribution in [0.2, 0.25) is 0 Å². The molecule has 100 valence electrons. The van der Waals surface area contributed by atoms with Crippen LogP contribution in [0.1, 0.15) is 6.42 Å². The lowest BCUT2D eigenvalue weighted by molar-refractivity contribution is -0.137. The van der Waals surface area contributed by atoms with Gasteiger partial charge in [-0.05, 0) is 24.3 Å². The number of hydrogen-bond acceptors (Lipinski definition) is 4. The van der Waals surface area contributed by atoms with Gasteiger partial charge in [0, 0.05) is 25.3 Å². The molecule has 19 heavy (non-hydrogen) atoms. The molecule has 0 atom stereocenters. The molecule has 6 heteroatoms. The standard InChI is InChI=1S/C13H16N4O2/c1-16(2)11-5-3-10(4-6-11)13-14-9-17(15-13)8-7-12(18)19/h3-6,9H,7-8H2,1-2H3,(H,18,19). The molecule has 0 spiro atoms. The highest BCUT2D eigenvalue weighted by Crippen LogP contribution is 2.18. The number of rotatable bonds is 5. The SMILES string of the molecule is CN(C)c1ccc(-c2ncn(CCC(=O)O)n2)cc1. The average Bonchev–Trinajstić information content (AvgIpc) is 2.85. The van der Waals surface area contributed by atoms with Crippen LogP contribution in [0.15, 0.2) is 30.6 Å². The van der Waals surface area contributed by atoms with Crippen molar-refractivity contribution in [3.05, 3.63) is 30.6 Å². The molecule has 1 aromatic heterocycles. The first-order valence-electron chi connectivity index (χ1n) is 5.95. The number of aliphatic carboxylic acids is 1. The van der Waals surface area contributed by atoms with E-state index in [9.17, 15) is 4.79 Å². The van der Waals surface area contributed by atoms with Crippen molar-refractivity contribution in [2.24, 2.45) is 0 Å². The Balaban J connectivity index is 2.11. The van der Waals surface area contributed by atoms with Gasteiger partial charge in [-0.25, -0.2) is 4.98 Å². The lowest BCUT2D eigenvalue weighted by Gasteiger charge is -2.11. The van der Waals surface area contributed by atoms with Crippen LogP contribution < -0.4 is 4.90 Å². The molecule has 6 nitrogen and oxygen atoms in total. The number of benzene rings is 1. The highest BCUT2D eigenvalue weighted by molar-refractivity contribution is 5.66. The zero-order valence-electron chi connectivity index (χ0n) is 10.9. The first kappa shape index (κ1) is 13.1. The second-order valence-electron chi connectivity index (χ2n) is 4.42. The predicted octanol–water partition coefficient (Wildman–Crippen LogP) is 1.49. The third kappa shape index (κ3) is 3.31. The van der Waals surface area contributed by atoms with Crippen molar-refractivity contribution in [1.29, 1.82) is 0 Å². The Morgan fingerprint density at radius 2 is 2.00 bits per heavy atom. The van der Waals surface area contributed by atoms with Gasteiger partial charge in [0.05, 0.1) is 13.0 Å². The molecule has 1 aromatic carbocycles. The first-order chi connectivity index (χ1) is 9.06. The van der Waals surface area contributed by atoms with E-state index in [1.165, 1.54) is 0 Å². The number of aromatic nitrogens is 3. The molecule has 0 fully saturated rings. The predicted molar refractivity (Wildman–Crippen MR) is 72.0 cm³/mol. The van der Waals surface area contributed by atoms with Crippen LogP contribution in [0.5, 0.6) is 0 Å². The topological polar surface area (TPSA) is 71.2 Å². The minimum atomic E-state index is -0.840. The molecule has 1 N–H and O–H groups in total. The molecule has 0 saturated heterocycles. The van der Waals surface area contributed by atoms with Crippen molar-refractivity contribution in [3.8, 4) is 11.4 Å². The Morgan fingerprint density at radius 3 is 2.58 bits per heavy atom. The zero-order chi connectivity index (χ0) is 13.8. The van der Waals surface area contributed by atoms with Gasteiger partial charge in [0.15, 0.2) is 5.82 Å². The van der Waals surface area contributed by atoms with Crippen molar-refractivity contribution in [2.75, 3.05) is 19.0 Å². The Labute approximate surface area is 111 Å². The maximum absolute atomic E-state index is 10.5. The molecule has 0 aliphatic rings. The van der Waals surface area contributed by atoms with Crippen molar-refractivity contribution in [3.63, 3.8) is 0 Å². The molecule has 1 heterocycles. The van der Waals surface area contributed by atoms with E-state index in [4.69, 9.17) is 5.11 Å². The van der Waals surface area contributed by atoms with E-state index in [0.29, 0.717) is 12.4 Å². The van der Waals surface area contributed by atoms with Gasteiger partial charge in [0.2, 0.25) is 0 Å². The van der Waals surface area contributed by atoms with Crippen molar-refractivity contribution in [1.82, 2.24) is 14.8 Å². The Hall–Kier alpha value is -2.37. The van der Waals surface area contributed by atoms with Crippen LogP contribution in [0.3, 0.4) is 0 Å². The summed E-state index contributed by atoms with van der Waals surface area (Å²) in [5.41, 5.74) is 2.02. The fourth-order valence-electron chi connectivity index (χ4n) is 1.65. The van der Waals surface area contributed by atoms with Gasteiger partial charge in [-0.3, -0.25) is 9.48 Å². The van der Waals surface area contributed by atoms with Crippen LogP contribution >= 0.6 is 0 Å². The largest absolute Gasteiger partial charge is 0.481 e. The Morgan fingerprint density at radius 1 is 1.32 bits per heavy atom. The molecule has 2 rings (SSSR count). The molecule has 0 bridgehead atoms. The molecular weight excluding hydrogens is 244 g/mol. The average molecular weight is 260 g/mol. The van der Waals surface area contributed by atoms with Gasteiger partial charge in [-0.1, -0.05) is 0 Å². The number of carboxylic acid groups (broad SMARTS) is 1. The summed E-state index contributed by atoms with van der Waals surface area (Å²) < 4.78 is 1.54. The van der Waals surface area contributed by atoms with Crippen LogP contribution in [0.25, 0.3) is 11.4 Å². The number of carbonyl (C=O) groups is 1. The van der Waals surface area contributed by atoms with Crippen LogP contribution in [0.4, 0.5) is 5.69 Å². The summed E-state index contributed by atoms with van der Waals surface area (Å²) in [5, 5.41) is 12.9. The molecule has 0 unspecified atom stereocenters. The number of aryl methyl sites for hydroxylation is 1. The van der Waals surface area contributed by atoms with Crippen molar-refractivity contribution >= 4 is 11.7 Å². The molecular formula is C13H16N4O2. The summed E-state index contributed by atoms with van der Waals surface area (Å²) in [6.07, 6.45) is 1.60. The maximum Gasteiger partial charge on any atom is 0.305 e. The number of nitrogens with zero attached hydrogens (tertiary/aromatic N) is 4. The van der Waals surface area contributed by atoms with E-state index in [0.717, 1.165) is 11.3 Å². The molecule has 0 aliphatic carbocycles. The Kier molecular flexibility index (Phi) is 3.79. The first-order valence-corrected chi connectivity index (χ1v) is 5.95. The highest BCUT2D eigenvalue weighted by atomic mass is 16.4. The summed E-state index contributed by atoms with van der Waals surface area (Å²) in [4.78, 5) is 16.7. The fourth-order valence-corrected chi connectivity index (χ4v) is 1.65. The van der Waals surface area contributed by atoms with Crippen LogP contribution in [-0.2, 0) is 11.3 Å². The third-order valence-electron chi connectivity index (χ3n) is 2.73. The van der Waals surface area contributed by atoms with Gasteiger partial charge in [-0.15, -0.1) is 0 Å². The van der Waals surface area contributed by atoms with E-state index in [-0.39, 0.29) is 6.42 Å². The number of anilines is 1.